The van der Waals surface area contributed by atoms with Crippen molar-refractivity contribution in [1.82, 2.24) is 15.5 Å². The Labute approximate surface area is 200 Å². The number of benzene rings is 1. The topological polar surface area (TPSA) is 67.4 Å². The molecule has 0 aliphatic carbocycles. The minimum atomic E-state index is -2.93. The highest BCUT2D eigenvalue weighted by Crippen LogP contribution is 2.33. The van der Waals surface area contributed by atoms with Gasteiger partial charge in [-0.3, -0.25) is 4.90 Å². The van der Waals surface area contributed by atoms with Gasteiger partial charge in [-0.1, -0.05) is 12.1 Å². The maximum atomic E-state index is 12.9. The molecule has 0 radical (unpaired) electrons. The molecule has 0 bridgehead atoms. The Kier molecular flexibility index (Phi) is 13.7. The van der Waals surface area contributed by atoms with E-state index in [9.17, 15) is 8.78 Å². The summed E-state index contributed by atoms with van der Waals surface area (Å²) < 4.78 is 41.2. The minimum Gasteiger partial charge on any atom is -0.490 e. The van der Waals surface area contributed by atoms with E-state index in [0.717, 1.165) is 26.1 Å². The highest BCUT2D eigenvalue weighted by atomic mass is 127. The number of nitrogens with zero attached hydrogens (tertiary/aromatic N) is 2. The van der Waals surface area contributed by atoms with Crippen molar-refractivity contribution in [2.45, 2.75) is 45.9 Å². The third-order valence-corrected chi connectivity index (χ3v) is 4.91. The van der Waals surface area contributed by atoms with Gasteiger partial charge in [0, 0.05) is 38.3 Å². The van der Waals surface area contributed by atoms with Gasteiger partial charge in [0.15, 0.2) is 17.5 Å². The molecule has 0 aromatic heterocycles. The van der Waals surface area contributed by atoms with Crippen molar-refractivity contribution in [3.05, 3.63) is 23.8 Å². The number of alkyl halides is 2. The molecule has 178 valence electrons. The molecule has 2 rings (SSSR count). The first kappa shape index (κ1) is 27.6. The normalized spacial score (nSPS) is 16.8. The lowest BCUT2D eigenvalue weighted by Gasteiger charge is -2.25. The van der Waals surface area contributed by atoms with E-state index in [-0.39, 0.29) is 36.3 Å². The van der Waals surface area contributed by atoms with Crippen LogP contribution < -0.4 is 20.1 Å². The van der Waals surface area contributed by atoms with E-state index in [1.165, 1.54) is 6.42 Å². The largest absolute Gasteiger partial charge is 0.490 e. The summed E-state index contributed by atoms with van der Waals surface area (Å²) >= 11 is 0. The molecular formula is C21H35F2IN4O3. The quantitative estimate of drug-likeness (QED) is 0.234. The molecule has 2 N–H and O–H groups in total. The molecule has 31 heavy (non-hydrogen) atoms. The van der Waals surface area contributed by atoms with Crippen molar-refractivity contribution in [3.63, 3.8) is 0 Å². The van der Waals surface area contributed by atoms with Gasteiger partial charge in [0.2, 0.25) is 0 Å². The number of likely N-dealkylation sites (tertiary alicyclic amines) is 1. The van der Waals surface area contributed by atoms with Gasteiger partial charge in [-0.25, -0.2) is 4.99 Å². The zero-order valence-corrected chi connectivity index (χ0v) is 20.9. The zero-order valence-electron chi connectivity index (χ0n) is 18.5. The highest BCUT2D eigenvalue weighted by Gasteiger charge is 2.24. The summed E-state index contributed by atoms with van der Waals surface area (Å²) in [5.74, 6) is 0.972. The standard InChI is InChI=1S/C21H34F2N4O3.HI/c1-4-24-21(26-15-17-9-7-11-27(17)12-13-28-3)25-14-16-8-6-10-18(29-5-2)19(16)30-20(22)23;/h6,8,10,17,20H,4-5,7,9,11-15H2,1-3H3,(H2,24,25,26);1H. The van der Waals surface area contributed by atoms with Crippen molar-refractivity contribution in [3.8, 4) is 11.5 Å². The molecule has 1 saturated heterocycles. The van der Waals surface area contributed by atoms with E-state index >= 15 is 0 Å². The van der Waals surface area contributed by atoms with Gasteiger partial charge < -0.3 is 24.8 Å². The molecule has 10 heteroatoms. The Morgan fingerprint density at radius 1 is 1.29 bits per heavy atom. The maximum absolute atomic E-state index is 12.9. The fraction of sp³-hybridized carbons (Fsp3) is 0.667. The summed E-state index contributed by atoms with van der Waals surface area (Å²) in [6, 6.07) is 5.51. The summed E-state index contributed by atoms with van der Waals surface area (Å²) in [7, 11) is 1.71. The van der Waals surface area contributed by atoms with E-state index < -0.39 is 6.61 Å². The number of aliphatic imine (C=N–C) groups is 1. The predicted octanol–water partition coefficient (Wildman–Crippen LogP) is 3.47. The van der Waals surface area contributed by atoms with Gasteiger partial charge >= 0.3 is 6.61 Å². The fourth-order valence-electron chi connectivity index (χ4n) is 3.53. The number of rotatable bonds is 12. The van der Waals surface area contributed by atoms with Crippen LogP contribution in [0.1, 0.15) is 32.3 Å². The van der Waals surface area contributed by atoms with Gasteiger partial charge in [0.1, 0.15) is 0 Å². The fourth-order valence-corrected chi connectivity index (χ4v) is 3.53. The van der Waals surface area contributed by atoms with Crippen LogP contribution in [0.3, 0.4) is 0 Å². The second-order valence-corrected chi connectivity index (χ2v) is 6.96. The summed E-state index contributed by atoms with van der Waals surface area (Å²) in [6.45, 7) is 5.56. The molecule has 0 spiro atoms. The van der Waals surface area contributed by atoms with Crippen molar-refractivity contribution < 1.29 is 23.0 Å². The van der Waals surface area contributed by atoms with Crippen LogP contribution in [0, 0.1) is 0 Å². The lowest BCUT2D eigenvalue weighted by Crippen LogP contribution is -2.45. The first-order valence-electron chi connectivity index (χ1n) is 10.5. The molecule has 1 aliphatic heterocycles. The first-order chi connectivity index (χ1) is 14.6. The Morgan fingerprint density at radius 3 is 2.77 bits per heavy atom. The summed E-state index contributed by atoms with van der Waals surface area (Å²) in [5.41, 5.74) is 0.543. The van der Waals surface area contributed by atoms with Crippen LogP contribution in [0.15, 0.2) is 23.2 Å². The van der Waals surface area contributed by atoms with Crippen molar-refractivity contribution in [2.75, 3.05) is 46.5 Å². The van der Waals surface area contributed by atoms with E-state index in [1.54, 1.807) is 32.2 Å². The number of para-hydroxylation sites is 1. The van der Waals surface area contributed by atoms with Gasteiger partial charge in [-0.05, 0) is 39.3 Å². The molecule has 1 aromatic carbocycles. The number of halogens is 3. The Balaban J connectivity index is 0.00000480. The van der Waals surface area contributed by atoms with Crippen LogP contribution in [0.5, 0.6) is 11.5 Å². The van der Waals surface area contributed by atoms with E-state index in [2.05, 4.69) is 20.5 Å². The third kappa shape index (κ3) is 9.32. The van der Waals surface area contributed by atoms with Crippen LogP contribution in [-0.2, 0) is 11.3 Å². The lowest BCUT2D eigenvalue weighted by molar-refractivity contribution is -0.0520. The zero-order chi connectivity index (χ0) is 21.8. The van der Waals surface area contributed by atoms with Crippen LogP contribution >= 0.6 is 24.0 Å². The average molecular weight is 556 g/mol. The molecule has 1 fully saturated rings. The van der Waals surface area contributed by atoms with E-state index in [4.69, 9.17) is 14.2 Å². The number of nitrogens with one attached hydrogen (secondary N) is 2. The van der Waals surface area contributed by atoms with Crippen molar-refractivity contribution >= 4 is 29.9 Å². The predicted molar refractivity (Wildman–Crippen MR) is 129 cm³/mol. The van der Waals surface area contributed by atoms with E-state index in [1.807, 2.05) is 6.92 Å². The number of ether oxygens (including phenoxy) is 3. The first-order valence-corrected chi connectivity index (χ1v) is 10.5. The van der Waals surface area contributed by atoms with Crippen molar-refractivity contribution in [1.29, 1.82) is 0 Å². The molecule has 0 amide bonds. The molecule has 1 heterocycles. The number of methoxy groups -OCH3 is 1. The number of hydrogen-bond acceptors (Lipinski definition) is 5. The average Bonchev–Trinajstić information content (AvgIpc) is 3.17. The lowest BCUT2D eigenvalue weighted by atomic mass is 10.2. The second-order valence-electron chi connectivity index (χ2n) is 6.96. The van der Waals surface area contributed by atoms with Gasteiger partial charge in [0.05, 0.1) is 19.8 Å². The van der Waals surface area contributed by atoms with Crippen LogP contribution in [0.4, 0.5) is 8.78 Å². The highest BCUT2D eigenvalue weighted by molar-refractivity contribution is 14.0. The summed E-state index contributed by atoms with van der Waals surface area (Å²) in [6.07, 6.45) is 2.29. The summed E-state index contributed by atoms with van der Waals surface area (Å²) in [4.78, 5) is 6.99. The molecule has 7 nitrogen and oxygen atoms in total. The Hall–Kier alpha value is -1.40. The molecule has 1 aliphatic rings. The number of hydrogen-bond donors (Lipinski definition) is 2. The Morgan fingerprint density at radius 2 is 2.10 bits per heavy atom. The van der Waals surface area contributed by atoms with Crippen molar-refractivity contribution in [2.24, 2.45) is 4.99 Å². The Bertz CT molecular complexity index is 668. The van der Waals surface area contributed by atoms with Crippen LogP contribution in [-0.4, -0.2) is 70.0 Å². The smallest absolute Gasteiger partial charge is 0.387 e. The van der Waals surface area contributed by atoms with Crippen LogP contribution in [0.25, 0.3) is 0 Å². The minimum absolute atomic E-state index is 0. The molecular weight excluding hydrogens is 521 g/mol. The maximum Gasteiger partial charge on any atom is 0.387 e. The summed E-state index contributed by atoms with van der Waals surface area (Å²) in [5, 5.41) is 6.59. The molecule has 1 unspecified atom stereocenters. The molecule has 0 saturated carbocycles. The SMILES string of the molecule is CCNC(=NCc1cccc(OCC)c1OC(F)F)NCC1CCCN1CCOC.I. The number of guanidine groups is 1. The van der Waals surface area contributed by atoms with E-state index in [0.29, 0.717) is 43.1 Å². The second kappa shape index (κ2) is 15.4. The monoisotopic (exact) mass is 556 g/mol. The molecule has 1 atom stereocenters. The van der Waals surface area contributed by atoms with Gasteiger partial charge in [-0.2, -0.15) is 8.78 Å². The molecule has 1 aromatic rings. The van der Waals surface area contributed by atoms with Gasteiger partial charge in [-0.15, -0.1) is 24.0 Å². The third-order valence-electron chi connectivity index (χ3n) is 4.91. The van der Waals surface area contributed by atoms with Crippen LogP contribution in [0.2, 0.25) is 0 Å². The van der Waals surface area contributed by atoms with Gasteiger partial charge in [0.25, 0.3) is 0 Å².